The Balaban J connectivity index is 1.60. The van der Waals surface area contributed by atoms with Crippen LogP contribution in [0.1, 0.15) is 52.4 Å². The predicted octanol–water partition coefficient (Wildman–Crippen LogP) is 4.32. The van der Waals surface area contributed by atoms with E-state index >= 15 is 0 Å². The zero-order valence-electron chi connectivity index (χ0n) is 15.8. The Morgan fingerprint density at radius 1 is 1.11 bits per heavy atom. The molecule has 28 heavy (non-hydrogen) atoms. The fourth-order valence-corrected chi connectivity index (χ4v) is 3.76. The predicted molar refractivity (Wildman–Crippen MR) is 110 cm³/mol. The van der Waals surface area contributed by atoms with Crippen molar-refractivity contribution in [1.29, 1.82) is 0 Å². The molecule has 5 nitrogen and oxygen atoms in total. The zero-order chi connectivity index (χ0) is 19.8. The van der Waals surface area contributed by atoms with Crippen LogP contribution >= 0.6 is 11.3 Å². The van der Waals surface area contributed by atoms with Crippen molar-refractivity contribution in [3.05, 3.63) is 81.9 Å². The van der Waals surface area contributed by atoms with Crippen LogP contribution in [-0.4, -0.2) is 18.4 Å². The molecule has 2 amide bonds. The van der Waals surface area contributed by atoms with Gasteiger partial charge in [0.25, 0.3) is 5.91 Å². The smallest absolute Gasteiger partial charge is 0.286 e. The van der Waals surface area contributed by atoms with Gasteiger partial charge in [-0.05, 0) is 41.1 Å². The molecule has 0 aliphatic carbocycles. The van der Waals surface area contributed by atoms with Gasteiger partial charge in [0.05, 0.1) is 12.3 Å². The molecule has 1 aromatic carbocycles. The number of nitrogens with one attached hydrogen (secondary N) is 2. The highest BCUT2D eigenvalue weighted by atomic mass is 32.1. The van der Waals surface area contributed by atoms with Gasteiger partial charge in [-0.15, -0.1) is 11.3 Å². The van der Waals surface area contributed by atoms with Crippen molar-refractivity contribution in [2.24, 2.45) is 0 Å². The molecule has 0 bridgehead atoms. The maximum Gasteiger partial charge on any atom is 0.286 e. The quantitative estimate of drug-likeness (QED) is 0.566. The van der Waals surface area contributed by atoms with Crippen LogP contribution in [-0.2, 0) is 11.2 Å². The zero-order valence-corrected chi connectivity index (χ0v) is 16.6. The molecule has 3 rings (SSSR count). The van der Waals surface area contributed by atoms with E-state index in [9.17, 15) is 9.59 Å². The number of thiophene rings is 1. The Bertz CT molecular complexity index is 871. The van der Waals surface area contributed by atoms with Gasteiger partial charge < -0.3 is 15.1 Å². The lowest BCUT2D eigenvalue weighted by Crippen LogP contribution is -2.33. The van der Waals surface area contributed by atoms with Crippen LogP contribution in [0.2, 0.25) is 0 Å². The molecule has 1 unspecified atom stereocenters. The molecule has 2 N–H and O–H groups in total. The van der Waals surface area contributed by atoms with E-state index in [0.29, 0.717) is 0 Å². The Labute approximate surface area is 168 Å². The minimum absolute atomic E-state index is 0.115. The van der Waals surface area contributed by atoms with Gasteiger partial charge in [-0.25, -0.2) is 0 Å². The third-order valence-corrected chi connectivity index (χ3v) is 5.30. The van der Waals surface area contributed by atoms with Gasteiger partial charge in [0.1, 0.15) is 0 Å². The van der Waals surface area contributed by atoms with Crippen LogP contribution in [0.4, 0.5) is 0 Å². The summed E-state index contributed by atoms with van der Waals surface area (Å²) in [6.07, 6.45) is 3.79. The summed E-state index contributed by atoms with van der Waals surface area (Å²) in [6.45, 7) is 2.41. The number of amides is 2. The number of hydrogen-bond acceptors (Lipinski definition) is 4. The second-order valence-corrected chi connectivity index (χ2v) is 7.47. The molecule has 0 aliphatic rings. The molecule has 1 atom stereocenters. The second kappa shape index (κ2) is 9.90. The minimum atomic E-state index is -0.320. The van der Waals surface area contributed by atoms with Crippen molar-refractivity contribution in [2.75, 3.05) is 6.54 Å². The summed E-state index contributed by atoms with van der Waals surface area (Å²) >= 11 is 1.61. The first-order chi connectivity index (χ1) is 13.7. The lowest BCUT2D eigenvalue weighted by molar-refractivity contribution is -0.121. The first-order valence-electron chi connectivity index (χ1n) is 9.40. The summed E-state index contributed by atoms with van der Waals surface area (Å²) in [5.41, 5.74) is 2.35. The van der Waals surface area contributed by atoms with E-state index in [1.807, 2.05) is 17.5 Å². The maximum atomic E-state index is 12.5. The Kier molecular flexibility index (Phi) is 7.03. The van der Waals surface area contributed by atoms with Crippen molar-refractivity contribution in [1.82, 2.24) is 10.6 Å². The summed E-state index contributed by atoms with van der Waals surface area (Å²) in [5, 5.41) is 7.79. The molecule has 0 saturated carbocycles. The number of carbonyl (C=O) groups excluding carboxylic acids is 2. The topological polar surface area (TPSA) is 71.3 Å². The number of furan rings is 1. The summed E-state index contributed by atoms with van der Waals surface area (Å²) < 4.78 is 5.04. The van der Waals surface area contributed by atoms with E-state index < -0.39 is 0 Å². The van der Waals surface area contributed by atoms with E-state index in [1.54, 1.807) is 23.5 Å². The van der Waals surface area contributed by atoms with Crippen LogP contribution in [0.3, 0.4) is 0 Å². The second-order valence-electron chi connectivity index (χ2n) is 6.49. The molecular formula is C22H24N2O3S. The van der Waals surface area contributed by atoms with Crippen molar-refractivity contribution in [3.63, 3.8) is 0 Å². The normalized spacial score (nSPS) is 11.8. The molecule has 0 radical (unpaired) electrons. The molecule has 0 aliphatic heterocycles. The molecule has 6 heteroatoms. The van der Waals surface area contributed by atoms with Gasteiger partial charge in [-0.1, -0.05) is 43.7 Å². The molecule has 146 valence electrons. The summed E-state index contributed by atoms with van der Waals surface area (Å²) in [7, 11) is 0. The fraction of sp³-hybridized carbons (Fsp3) is 0.273. The van der Waals surface area contributed by atoms with Crippen molar-refractivity contribution >= 4 is 23.2 Å². The van der Waals surface area contributed by atoms with Gasteiger partial charge in [-0.2, -0.15) is 0 Å². The Hall–Kier alpha value is -2.86. The Morgan fingerprint density at radius 3 is 2.57 bits per heavy atom. The van der Waals surface area contributed by atoms with Crippen LogP contribution in [0.15, 0.2) is 64.6 Å². The molecular weight excluding hydrogens is 372 g/mol. The number of aryl methyl sites for hydroxylation is 1. The minimum Gasteiger partial charge on any atom is -0.459 e. The average Bonchev–Trinajstić information content (AvgIpc) is 3.41. The number of rotatable bonds is 9. The van der Waals surface area contributed by atoms with E-state index in [2.05, 4.69) is 41.8 Å². The molecule has 2 aromatic heterocycles. The Morgan fingerprint density at radius 2 is 1.93 bits per heavy atom. The molecule has 2 heterocycles. The van der Waals surface area contributed by atoms with Gasteiger partial charge in [0.2, 0.25) is 5.91 Å². The summed E-state index contributed by atoms with van der Waals surface area (Å²) in [4.78, 5) is 25.4. The van der Waals surface area contributed by atoms with Gasteiger partial charge in [0.15, 0.2) is 5.76 Å². The van der Waals surface area contributed by atoms with E-state index in [4.69, 9.17) is 4.42 Å². The highest BCUT2D eigenvalue weighted by molar-refractivity contribution is 7.10. The third kappa shape index (κ3) is 5.33. The van der Waals surface area contributed by atoms with Crippen molar-refractivity contribution in [3.8, 4) is 0 Å². The largest absolute Gasteiger partial charge is 0.459 e. The molecule has 0 fully saturated rings. The molecule has 3 aromatic rings. The number of carbonyl (C=O) groups is 2. The van der Waals surface area contributed by atoms with Gasteiger partial charge >= 0.3 is 0 Å². The highest BCUT2D eigenvalue weighted by Gasteiger charge is 2.18. The maximum absolute atomic E-state index is 12.5. The van der Waals surface area contributed by atoms with Crippen LogP contribution in [0, 0.1) is 0 Å². The van der Waals surface area contributed by atoms with Crippen LogP contribution in [0.25, 0.3) is 0 Å². The lowest BCUT2D eigenvalue weighted by Gasteiger charge is -2.18. The summed E-state index contributed by atoms with van der Waals surface area (Å²) in [5.74, 6) is -0.195. The monoisotopic (exact) mass is 396 g/mol. The van der Waals surface area contributed by atoms with Gasteiger partial charge in [-0.3, -0.25) is 9.59 Å². The van der Waals surface area contributed by atoms with E-state index in [0.717, 1.165) is 23.3 Å². The SMILES string of the molecule is CCCc1ccc(C(NC(=O)CCNC(=O)c2ccco2)c2cccs2)cc1. The van der Waals surface area contributed by atoms with Crippen LogP contribution in [0.5, 0.6) is 0 Å². The third-order valence-electron chi connectivity index (χ3n) is 4.37. The first-order valence-corrected chi connectivity index (χ1v) is 10.3. The molecule has 0 spiro atoms. The first kappa shape index (κ1) is 19.9. The number of hydrogen-bond donors (Lipinski definition) is 2. The highest BCUT2D eigenvalue weighted by Crippen LogP contribution is 2.26. The van der Waals surface area contributed by atoms with Crippen molar-refractivity contribution in [2.45, 2.75) is 32.2 Å². The lowest BCUT2D eigenvalue weighted by atomic mass is 10.0. The standard InChI is InChI=1S/C22H24N2O3S/c1-2-5-16-8-10-17(11-9-16)21(19-7-4-15-28-19)24-20(25)12-13-23-22(26)18-6-3-14-27-18/h3-4,6-11,14-15,21H,2,5,12-13H2,1H3,(H,23,26)(H,24,25). The summed E-state index contributed by atoms with van der Waals surface area (Å²) in [6, 6.07) is 15.4. The van der Waals surface area contributed by atoms with Gasteiger partial charge in [0, 0.05) is 17.8 Å². The van der Waals surface area contributed by atoms with Crippen LogP contribution < -0.4 is 10.6 Å². The fourth-order valence-electron chi connectivity index (χ4n) is 2.96. The van der Waals surface area contributed by atoms with Crippen molar-refractivity contribution < 1.29 is 14.0 Å². The average molecular weight is 397 g/mol. The number of benzene rings is 1. The van der Waals surface area contributed by atoms with E-state index in [-0.39, 0.29) is 36.6 Å². The molecule has 0 saturated heterocycles. The van der Waals surface area contributed by atoms with E-state index in [1.165, 1.54) is 11.8 Å².